The van der Waals surface area contributed by atoms with Crippen LogP contribution in [0.3, 0.4) is 0 Å². The third-order valence-electron chi connectivity index (χ3n) is 6.81. The minimum Gasteiger partial charge on any atom is -0.543 e. The summed E-state index contributed by atoms with van der Waals surface area (Å²) in [5, 5.41) is 23.2. The Bertz CT molecular complexity index is 1340. The predicted octanol–water partition coefficient (Wildman–Crippen LogP) is 0.836. The molecule has 0 bridgehead atoms. The van der Waals surface area contributed by atoms with Gasteiger partial charge in [0.2, 0.25) is 15.8 Å². The van der Waals surface area contributed by atoms with E-state index in [0.29, 0.717) is 18.7 Å². The van der Waals surface area contributed by atoms with E-state index in [1.165, 1.54) is 16.2 Å². The number of thioether (sulfide) groups is 1. The van der Waals surface area contributed by atoms with Crippen molar-refractivity contribution in [1.29, 1.82) is 0 Å². The Morgan fingerprint density at radius 1 is 1.38 bits per heavy atom. The van der Waals surface area contributed by atoms with E-state index in [1.54, 1.807) is 18.7 Å². The minimum atomic E-state index is -1.36. The molecule has 10 heteroatoms. The van der Waals surface area contributed by atoms with Crippen LogP contribution in [0.4, 0.5) is 0 Å². The number of benzene rings is 1. The number of amides is 1. The highest BCUT2D eigenvalue weighted by Gasteiger charge is 2.59. The van der Waals surface area contributed by atoms with Crippen molar-refractivity contribution in [2.75, 3.05) is 6.26 Å². The molecule has 2 aliphatic rings. The van der Waals surface area contributed by atoms with E-state index in [0.717, 1.165) is 25.9 Å². The van der Waals surface area contributed by atoms with Crippen molar-refractivity contribution in [2.45, 2.75) is 44.1 Å². The number of hydrogen-bond acceptors (Lipinski definition) is 7. The number of rotatable bonds is 7. The molecular weight excluding hydrogens is 472 g/mol. The lowest BCUT2D eigenvalue weighted by atomic mass is 9.77. The molecule has 0 unspecified atom stereocenters. The summed E-state index contributed by atoms with van der Waals surface area (Å²) in [6.45, 7) is 4.68. The van der Waals surface area contributed by atoms with Gasteiger partial charge < -0.3 is 25.6 Å². The first-order chi connectivity index (χ1) is 16.3. The molecule has 0 spiro atoms. The lowest BCUT2D eigenvalue weighted by Gasteiger charge is -2.47. The molecule has 4 heterocycles. The number of aliphatic hydroxyl groups is 1. The maximum Gasteiger partial charge on any atom is 0.250 e. The molecule has 3 aromatic rings. The SMILES string of the molecule is CSc1c2sc(C3=C(C(=O)[O-])N4C(=O)[C@H]([C@@H](C)O)[C@H]4[C@H]3C)c[n+]2cn1Cc1cccc(CN)c1. The third-order valence-corrected chi connectivity index (χ3v) is 8.90. The standard InChI is InChI=1S/C24H26N4O4S2/c1-12-17(20(24(31)32)28-19(12)18(13(2)29)21(28)30)16-10-27-11-26(22(33-3)23(27)34-16)9-15-6-4-5-14(7-15)8-25/h4-7,10-13,18-19,29H,8-9,25H2,1-3H3/t12-,13+,18+,19+/m0/s1. The highest BCUT2D eigenvalue weighted by molar-refractivity contribution is 7.98. The van der Waals surface area contributed by atoms with Gasteiger partial charge in [-0.05, 0) is 24.3 Å². The van der Waals surface area contributed by atoms with Crippen molar-refractivity contribution in [3.8, 4) is 0 Å². The molecule has 1 amide bonds. The van der Waals surface area contributed by atoms with Crippen LogP contribution in [-0.4, -0.2) is 44.9 Å². The maximum atomic E-state index is 12.6. The van der Waals surface area contributed by atoms with Crippen molar-refractivity contribution in [3.05, 3.63) is 58.5 Å². The molecule has 4 atom stereocenters. The van der Waals surface area contributed by atoms with Gasteiger partial charge >= 0.3 is 0 Å². The molecule has 0 aliphatic carbocycles. The molecule has 5 rings (SSSR count). The van der Waals surface area contributed by atoms with Crippen LogP contribution in [0, 0.1) is 11.8 Å². The highest BCUT2D eigenvalue weighted by Crippen LogP contribution is 2.51. The first-order valence-electron chi connectivity index (χ1n) is 11.1. The zero-order chi connectivity index (χ0) is 24.3. The van der Waals surface area contributed by atoms with Crippen LogP contribution < -0.4 is 15.2 Å². The van der Waals surface area contributed by atoms with E-state index >= 15 is 0 Å². The molecule has 8 nitrogen and oxygen atoms in total. The fourth-order valence-electron chi connectivity index (χ4n) is 5.31. The summed E-state index contributed by atoms with van der Waals surface area (Å²) in [6, 6.07) is 7.83. The largest absolute Gasteiger partial charge is 0.543 e. The van der Waals surface area contributed by atoms with Gasteiger partial charge in [-0.1, -0.05) is 54.3 Å². The smallest absolute Gasteiger partial charge is 0.250 e. The molecule has 2 aromatic heterocycles. The summed E-state index contributed by atoms with van der Waals surface area (Å²) in [7, 11) is 0. The summed E-state index contributed by atoms with van der Waals surface area (Å²) >= 11 is 3.13. The Morgan fingerprint density at radius 3 is 2.76 bits per heavy atom. The molecule has 1 aromatic carbocycles. The summed E-state index contributed by atoms with van der Waals surface area (Å²) in [6.07, 6.45) is 5.11. The number of carboxylic acid groups (broad SMARTS) is 1. The second-order valence-electron chi connectivity index (χ2n) is 8.89. The van der Waals surface area contributed by atoms with Crippen molar-refractivity contribution in [3.63, 3.8) is 0 Å². The lowest BCUT2D eigenvalue weighted by Crippen LogP contribution is -2.64. The van der Waals surface area contributed by atoms with Gasteiger partial charge in [-0.3, -0.25) is 4.79 Å². The summed E-state index contributed by atoms with van der Waals surface area (Å²) in [5.74, 6) is -2.54. The van der Waals surface area contributed by atoms with Crippen LogP contribution in [0.5, 0.6) is 0 Å². The van der Waals surface area contributed by atoms with Gasteiger partial charge in [0.05, 0.1) is 34.6 Å². The average Bonchev–Trinajstić information content (AvgIpc) is 3.40. The maximum absolute atomic E-state index is 12.6. The van der Waals surface area contributed by atoms with Gasteiger partial charge in [0.15, 0.2) is 0 Å². The summed E-state index contributed by atoms with van der Waals surface area (Å²) < 4.78 is 4.18. The Hall–Kier alpha value is -2.66. The first kappa shape index (κ1) is 23.1. The van der Waals surface area contributed by atoms with E-state index in [9.17, 15) is 19.8 Å². The number of hydrogen-bond donors (Lipinski definition) is 2. The predicted molar refractivity (Wildman–Crippen MR) is 128 cm³/mol. The van der Waals surface area contributed by atoms with Crippen molar-refractivity contribution in [1.82, 2.24) is 9.47 Å². The Kier molecular flexibility index (Phi) is 5.79. The van der Waals surface area contributed by atoms with Crippen LogP contribution in [0.1, 0.15) is 29.9 Å². The Morgan fingerprint density at radius 2 is 2.12 bits per heavy atom. The van der Waals surface area contributed by atoms with Gasteiger partial charge in [0.1, 0.15) is 12.7 Å². The molecule has 178 valence electrons. The molecule has 0 saturated carbocycles. The molecule has 3 N–H and O–H groups in total. The Labute approximate surface area is 205 Å². The topological polar surface area (TPSA) is 116 Å². The number of imidazole rings is 1. The number of nitrogens with zero attached hydrogens (tertiary/aromatic N) is 3. The number of carbonyl (C=O) groups is 2. The minimum absolute atomic E-state index is 0.0684. The van der Waals surface area contributed by atoms with E-state index in [4.69, 9.17) is 5.73 Å². The number of β-lactam (4-membered cyclic amide) rings is 1. The second-order valence-corrected chi connectivity index (χ2v) is 10.7. The van der Waals surface area contributed by atoms with Crippen LogP contribution >= 0.6 is 23.1 Å². The summed E-state index contributed by atoms with van der Waals surface area (Å²) in [4.78, 5) is 27.8. The zero-order valence-corrected chi connectivity index (χ0v) is 20.7. The van der Waals surface area contributed by atoms with Crippen LogP contribution in [0.15, 0.2) is 47.5 Å². The number of fused-ring (bicyclic) bond motifs is 2. The number of aromatic nitrogens is 2. The molecule has 1 saturated heterocycles. The number of aliphatic carboxylic acids is 1. The molecule has 1 fully saturated rings. The van der Waals surface area contributed by atoms with Gasteiger partial charge in [-0.15, -0.1) is 0 Å². The normalized spacial score (nSPS) is 22.9. The van der Waals surface area contributed by atoms with Crippen molar-refractivity contribution in [2.24, 2.45) is 17.6 Å². The van der Waals surface area contributed by atoms with Gasteiger partial charge in [-0.25, -0.2) is 4.57 Å². The number of carbonyl (C=O) groups excluding carboxylic acids is 2. The van der Waals surface area contributed by atoms with Crippen LogP contribution in [-0.2, 0) is 22.7 Å². The van der Waals surface area contributed by atoms with Crippen molar-refractivity contribution < 1.29 is 24.2 Å². The number of thiazole rings is 1. The van der Waals surface area contributed by atoms with Crippen LogP contribution in [0.25, 0.3) is 10.4 Å². The second kappa shape index (κ2) is 8.53. The monoisotopic (exact) mass is 498 g/mol. The fraction of sp³-hybridized carbons (Fsp3) is 0.375. The van der Waals surface area contributed by atoms with Gasteiger partial charge in [0.25, 0.3) is 6.33 Å². The highest BCUT2D eigenvalue weighted by atomic mass is 32.2. The average molecular weight is 499 g/mol. The first-order valence-corrected chi connectivity index (χ1v) is 13.1. The molecular formula is C24H26N4O4S2. The number of aliphatic hydroxyl groups excluding tert-OH is 1. The lowest BCUT2D eigenvalue weighted by molar-refractivity contribution is -0.508. The number of nitrogens with two attached hydrogens (primary N) is 1. The number of carboxylic acids is 1. The van der Waals surface area contributed by atoms with Crippen LogP contribution in [0.2, 0.25) is 0 Å². The fourth-order valence-corrected chi connectivity index (χ4v) is 7.49. The van der Waals surface area contributed by atoms with E-state index in [1.807, 2.05) is 42.2 Å². The van der Waals surface area contributed by atoms with Crippen molar-refractivity contribution >= 4 is 45.4 Å². The van der Waals surface area contributed by atoms with E-state index in [-0.39, 0.29) is 23.6 Å². The van der Waals surface area contributed by atoms with E-state index < -0.39 is 18.0 Å². The third kappa shape index (κ3) is 3.39. The molecule has 2 aliphatic heterocycles. The molecule has 0 radical (unpaired) electrons. The summed E-state index contributed by atoms with van der Waals surface area (Å²) in [5.41, 5.74) is 8.56. The van der Waals surface area contributed by atoms with Gasteiger partial charge in [0, 0.05) is 18.0 Å². The quantitative estimate of drug-likeness (QED) is 0.283. The zero-order valence-electron chi connectivity index (χ0n) is 19.1. The van der Waals surface area contributed by atoms with E-state index in [2.05, 4.69) is 16.7 Å². The molecule has 34 heavy (non-hydrogen) atoms. The Balaban J connectivity index is 1.54. The van der Waals surface area contributed by atoms with Gasteiger partial charge in [-0.2, -0.15) is 4.40 Å².